The maximum absolute atomic E-state index is 13.7. The van der Waals surface area contributed by atoms with Crippen LogP contribution in [0, 0.1) is 12.3 Å². The van der Waals surface area contributed by atoms with Gasteiger partial charge in [0.1, 0.15) is 16.6 Å². The molecule has 39 heavy (non-hydrogen) atoms. The molecule has 0 N–H and O–H groups in total. The van der Waals surface area contributed by atoms with Crippen LogP contribution in [0.25, 0.3) is 16.7 Å². The van der Waals surface area contributed by atoms with Gasteiger partial charge in [-0.15, -0.1) is 0 Å². The number of fused-ring (bicyclic) bond motifs is 1. The molecule has 0 atom stereocenters. The van der Waals surface area contributed by atoms with Crippen LogP contribution in [-0.2, 0) is 4.74 Å². The molecule has 2 fully saturated rings. The Bertz CT molecular complexity index is 1500. The fourth-order valence-corrected chi connectivity index (χ4v) is 5.83. The maximum atomic E-state index is 13.7. The van der Waals surface area contributed by atoms with Gasteiger partial charge in [0.25, 0.3) is 0 Å². The number of carbonyl (C=O) groups is 1. The minimum atomic E-state index is -0.515. The molecule has 0 bridgehead atoms. The zero-order chi connectivity index (χ0) is 28.3. The van der Waals surface area contributed by atoms with Gasteiger partial charge in [0, 0.05) is 37.8 Å². The highest BCUT2D eigenvalue weighted by Crippen LogP contribution is 2.42. The van der Waals surface area contributed by atoms with Crippen LogP contribution in [0.2, 0.25) is 10.2 Å². The minimum Gasteiger partial charge on any atom is -0.444 e. The van der Waals surface area contributed by atoms with E-state index in [1.165, 1.54) is 4.57 Å². The molecule has 0 unspecified atom stereocenters. The van der Waals surface area contributed by atoms with E-state index in [0.717, 1.165) is 24.1 Å². The van der Waals surface area contributed by atoms with Crippen LogP contribution < -0.4 is 10.6 Å². The summed E-state index contributed by atoms with van der Waals surface area (Å²) in [7, 11) is 0. The number of piperidine rings is 1. The first kappa shape index (κ1) is 27.6. The fraction of sp³-hybridized carbons (Fsp3) is 0.536. The van der Waals surface area contributed by atoms with E-state index in [0.29, 0.717) is 53.7 Å². The van der Waals surface area contributed by atoms with Crippen molar-refractivity contribution in [2.24, 2.45) is 5.41 Å². The van der Waals surface area contributed by atoms with Gasteiger partial charge >= 0.3 is 11.8 Å². The van der Waals surface area contributed by atoms with Crippen molar-refractivity contribution in [1.82, 2.24) is 24.4 Å². The van der Waals surface area contributed by atoms with Crippen LogP contribution in [0.5, 0.6) is 0 Å². The van der Waals surface area contributed by atoms with E-state index in [2.05, 4.69) is 19.9 Å². The third-order valence-corrected chi connectivity index (χ3v) is 8.18. The number of aryl methyl sites for hydroxylation is 1. The number of halogens is 2. The van der Waals surface area contributed by atoms with Crippen molar-refractivity contribution in [2.75, 3.05) is 31.1 Å². The van der Waals surface area contributed by atoms with Crippen LogP contribution >= 0.6 is 23.2 Å². The van der Waals surface area contributed by atoms with E-state index in [1.807, 2.05) is 47.6 Å². The van der Waals surface area contributed by atoms with Gasteiger partial charge in [0.2, 0.25) is 0 Å². The van der Waals surface area contributed by atoms with Crippen molar-refractivity contribution in [1.29, 1.82) is 0 Å². The van der Waals surface area contributed by atoms with Gasteiger partial charge in [-0.1, -0.05) is 37.0 Å². The highest BCUT2D eigenvalue weighted by Gasteiger charge is 2.48. The lowest BCUT2D eigenvalue weighted by Gasteiger charge is -2.53. The number of nitrogens with zero attached hydrogens (tertiary/aromatic N) is 6. The van der Waals surface area contributed by atoms with Crippen LogP contribution in [0.1, 0.15) is 64.6 Å². The molecule has 5 heterocycles. The number of likely N-dealkylation sites (tertiary alicyclic amines) is 1. The molecule has 11 heteroatoms. The van der Waals surface area contributed by atoms with Gasteiger partial charge in [0.15, 0.2) is 5.65 Å². The Morgan fingerprint density at radius 2 is 1.79 bits per heavy atom. The van der Waals surface area contributed by atoms with E-state index in [4.69, 9.17) is 27.9 Å². The predicted octanol–water partition coefficient (Wildman–Crippen LogP) is 5.75. The number of rotatable bonds is 3. The molecule has 1 spiro atoms. The van der Waals surface area contributed by atoms with Gasteiger partial charge in [-0.25, -0.2) is 19.1 Å². The summed E-state index contributed by atoms with van der Waals surface area (Å²) in [5.74, 6) is 0.619. The largest absolute Gasteiger partial charge is 0.444 e. The fourth-order valence-electron chi connectivity index (χ4n) is 5.54. The number of pyridine rings is 2. The number of hydrogen-bond donors (Lipinski definition) is 0. The lowest BCUT2D eigenvalue weighted by molar-refractivity contribution is -0.0434. The summed E-state index contributed by atoms with van der Waals surface area (Å²) >= 11 is 12.8. The SMILES string of the molecule is Cc1ccnc(C(C)C)c1-n1c(=O)nc(N2CCC3(CC2)CN(C(=O)OC(C)(C)C)C3)c2cc(Cl)c(Cl)nc21. The van der Waals surface area contributed by atoms with Gasteiger partial charge in [0.05, 0.1) is 21.8 Å². The smallest absolute Gasteiger partial charge is 0.410 e. The quantitative estimate of drug-likeness (QED) is 0.369. The van der Waals surface area contributed by atoms with Crippen molar-refractivity contribution in [2.45, 2.75) is 65.9 Å². The summed E-state index contributed by atoms with van der Waals surface area (Å²) in [6, 6.07) is 3.61. The van der Waals surface area contributed by atoms with E-state index >= 15 is 0 Å². The Kier molecular flexibility index (Phi) is 7.04. The van der Waals surface area contributed by atoms with E-state index in [-0.39, 0.29) is 22.6 Å². The Morgan fingerprint density at radius 1 is 1.13 bits per heavy atom. The summed E-state index contributed by atoms with van der Waals surface area (Å²) in [5.41, 5.74) is 1.83. The molecule has 0 saturated carbocycles. The van der Waals surface area contributed by atoms with E-state index in [9.17, 15) is 9.59 Å². The molecule has 208 valence electrons. The predicted molar refractivity (Wildman–Crippen MR) is 153 cm³/mol. The second-order valence-electron chi connectivity index (χ2n) is 12.0. The highest BCUT2D eigenvalue weighted by molar-refractivity contribution is 6.41. The van der Waals surface area contributed by atoms with Crippen LogP contribution in [-0.4, -0.2) is 62.3 Å². The Labute approximate surface area is 238 Å². The lowest BCUT2D eigenvalue weighted by Crippen LogP contribution is -2.62. The minimum absolute atomic E-state index is 0.0520. The zero-order valence-corrected chi connectivity index (χ0v) is 24.7. The summed E-state index contributed by atoms with van der Waals surface area (Å²) in [4.78, 5) is 43.7. The number of carbonyl (C=O) groups excluding carboxylic acids is 1. The first-order valence-electron chi connectivity index (χ1n) is 13.3. The molecule has 1 amide bonds. The van der Waals surface area contributed by atoms with Crippen molar-refractivity contribution in [3.8, 4) is 5.69 Å². The molecule has 0 aliphatic carbocycles. The molecule has 5 rings (SSSR count). The molecule has 2 aliphatic heterocycles. The first-order chi connectivity index (χ1) is 18.3. The van der Waals surface area contributed by atoms with Crippen LogP contribution in [0.4, 0.5) is 10.6 Å². The molecule has 0 aromatic carbocycles. The van der Waals surface area contributed by atoms with E-state index < -0.39 is 11.3 Å². The molecule has 3 aromatic rings. The molecule has 0 radical (unpaired) electrons. The highest BCUT2D eigenvalue weighted by atomic mass is 35.5. The average Bonchev–Trinajstić information content (AvgIpc) is 2.82. The molecular weight excluding hydrogens is 539 g/mol. The van der Waals surface area contributed by atoms with Crippen molar-refractivity contribution < 1.29 is 9.53 Å². The third-order valence-electron chi connectivity index (χ3n) is 7.51. The molecule has 9 nitrogen and oxygen atoms in total. The number of aromatic nitrogens is 4. The molecule has 3 aromatic heterocycles. The maximum Gasteiger partial charge on any atom is 0.410 e. The van der Waals surface area contributed by atoms with Crippen LogP contribution in [0.15, 0.2) is 23.1 Å². The second-order valence-corrected chi connectivity index (χ2v) is 12.8. The number of hydrogen-bond acceptors (Lipinski definition) is 7. The van der Waals surface area contributed by atoms with Gasteiger partial charge in [-0.05, 0) is 64.2 Å². The monoisotopic (exact) mass is 572 g/mol. The van der Waals surface area contributed by atoms with Gasteiger partial charge < -0.3 is 14.5 Å². The molecular formula is C28H34Cl2N6O3. The van der Waals surface area contributed by atoms with Crippen molar-refractivity contribution in [3.63, 3.8) is 0 Å². The third kappa shape index (κ3) is 5.18. The number of ether oxygens (including phenoxy) is 1. The molecule has 2 aliphatic rings. The Balaban J connectivity index is 1.48. The zero-order valence-electron chi connectivity index (χ0n) is 23.2. The summed E-state index contributed by atoms with van der Waals surface area (Å²) in [6.07, 6.45) is 3.21. The van der Waals surface area contributed by atoms with E-state index in [1.54, 1.807) is 17.2 Å². The summed E-state index contributed by atoms with van der Waals surface area (Å²) in [6.45, 7) is 14.4. The topological polar surface area (TPSA) is 93.5 Å². The average molecular weight is 574 g/mol. The first-order valence-corrected chi connectivity index (χ1v) is 14.0. The van der Waals surface area contributed by atoms with Gasteiger partial charge in [-0.2, -0.15) is 4.98 Å². The molecule has 2 saturated heterocycles. The number of amides is 1. The normalized spacial score (nSPS) is 17.2. The second kappa shape index (κ2) is 9.93. The lowest BCUT2D eigenvalue weighted by atomic mass is 9.72. The summed E-state index contributed by atoms with van der Waals surface area (Å²) in [5, 5.41) is 1.07. The van der Waals surface area contributed by atoms with Crippen molar-refractivity contribution in [3.05, 3.63) is 50.2 Å². The van der Waals surface area contributed by atoms with Crippen molar-refractivity contribution >= 4 is 46.1 Å². The number of anilines is 1. The summed E-state index contributed by atoms with van der Waals surface area (Å²) < 4.78 is 7.03. The van der Waals surface area contributed by atoms with Gasteiger partial charge in [-0.3, -0.25) is 4.98 Å². The standard InChI is InChI=1S/C28H34Cl2N6O3/c1-16(2)20-21(17(3)7-10-31-20)36-24-18(13-19(29)22(30)32-24)23(33-25(36)37)34-11-8-28(9-12-34)14-35(15-28)26(38)39-27(4,5)6/h7,10,13,16H,8-9,11-12,14-15H2,1-6H3. The van der Waals surface area contributed by atoms with Crippen LogP contribution in [0.3, 0.4) is 0 Å². The Hall–Kier alpha value is -2.91. The Morgan fingerprint density at radius 3 is 2.41 bits per heavy atom.